The lowest BCUT2D eigenvalue weighted by Crippen LogP contribution is -2.37. The lowest BCUT2D eigenvalue weighted by Gasteiger charge is -2.32. The molecule has 0 saturated heterocycles. The minimum absolute atomic E-state index is 0.140. The van der Waals surface area contributed by atoms with E-state index in [0.29, 0.717) is 13.0 Å². The molecule has 0 amide bonds. The van der Waals surface area contributed by atoms with Gasteiger partial charge < -0.3 is 10.5 Å². The fraction of sp³-hybridized carbons (Fsp3) is 0.917. The molecule has 0 atom stereocenters. The van der Waals surface area contributed by atoms with Gasteiger partial charge in [-0.1, -0.05) is 13.8 Å². The molecule has 0 fully saturated rings. The lowest BCUT2D eigenvalue weighted by atomic mass is 9.89. The third kappa shape index (κ3) is 4.20. The molecule has 0 bridgehead atoms. The van der Waals surface area contributed by atoms with Crippen molar-refractivity contribution in [1.82, 2.24) is 0 Å². The molecule has 0 aromatic rings. The Kier molecular flexibility index (Phi) is 5.29. The van der Waals surface area contributed by atoms with E-state index in [4.69, 9.17) is 10.5 Å². The quantitative estimate of drug-likeness (QED) is 0.692. The van der Waals surface area contributed by atoms with Crippen LogP contribution < -0.4 is 5.73 Å². The summed E-state index contributed by atoms with van der Waals surface area (Å²) in [5.41, 5.74) is 4.67. The van der Waals surface area contributed by atoms with Gasteiger partial charge in [0.15, 0.2) is 0 Å². The van der Waals surface area contributed by atoms with Crippen molar-refractivity contribution in [1.29, 1.82) is 0 Å². The van der Waals surface area contributed by atoms with E-state index in [1.807, 2.05) is 34.6 Å². The van der Waals surface area contributed by atoms with Crippen molar-refractivity contribution in [3.8, 4) is 0 Å². The van der Waals surface area contributed by atoms with E-state index < -0.39 is 5.41 Å². The molecule has 0 saturated carbocycles. The maximum absolute atomic E-state index is 11.9. The van der Waals surface area contributed by atoms with Crippen molar-refractivity contribution in [2.75, 3.05) is 6.54 Å². The molecule has 3 heteroatoms. The van der Waals surface area contributed by atoms with Gasteiger partial charge >= 0.3 is 5.97 Å². The van der Waals surface area contributed by atoms with Gasteiger partial charge in [0.25, 0.3) is 0 Å². The van der Waals surface area contributed by atoms with Crippen molar-refractivity contribution in [2.24, 2.45) is 11.1 Å². The molecule has 0 aromatic carbocycles. The molecule has 0 heterocycles. The van der Waals surface area contributed by atoms with E-state index in [0.717, 1.165) is 12.8 Å². The highest BCUT2D eigenvalue weighted by molar-refractivity contribution is 5.76. The van der Waals surface area contributed by atoms with Crippen LogP contribution in [-0.4, -0.2) is 18.1 Å². The number of hydrogen-bond donors (Lipinski definition) is 1. The van der Waals surface area contributed by atoms with Gasteiger partial charge in [-0.15, -0.1) is 0 Å². The summed E-state index contributed by atoms with van der Waals surface area (Å²) < 4.78 is 5.56. The Bertz CT molecular complexity index is 208. The molecule has 0 radical (unpaired) electrons. The van der Waals surface area contributed by atoms with E-state index in [2.05, 4.69) is 0 Å². The third-order valence-electron chi connectivity index (χ3n) is 3.16. The zero-order chi connectivity index (χ0) is 12.1. The van der Waals surface area contributed by atoms with Gasteiger partial charge in [-0.2, -0.15) is 0 Å². The minimum atomic E-state index is -0.472. The number of carbonyl (C=O) groups is 1. The van der Waals surface area contributed by atoms with E-state index in [1.165, 1.54) is 0 Å². The Morgan fingerprint density at radius 3 is 2.00 bits per heavy atom. The number of hydrogen-bond acceptors (Lipinski definition) is 3. The van der Waals surface area contributed by atoms with Crippen molar-refractivity contribution in [3.63, 3.8) is 0 Å². The van der Waals surface area contributed by atoms with Crippen LogP contribution in [0.15, 0.2) is 0 Å². The summed E-state index contributed by atoms with van der Waals surface area (Å²) in [4.78, 5) is 11.9. The third-order valence-corrected chi connectivity index (χ3v) is 3.16. The highest BCUT2D eigenvalue weighted by atomic mass is 16.6. The fourth-order valence-corrected chi connectivity index (χ4v) is 1.22. The summed E-state index contributed by atoms with van der Waals surface area (Å²) in [5.74, 6) is -0.140. The van der Waals surface area contributed by atoms with Gasteiger partial charge in [0.2, 0.25) is 0 Å². The van der Waals surface area contributed by atoms with Crippen LogP contribution in [0, 0.1) is 5.41 Å². The first-order chi connectivity index (χ1) is 6.81. The van der Waals surface area contributed by atoms with Gasteiger partial charge in [-0.05, 0) is 46.6 Å². The van der Waals surface area contributed by atoms with Crippen molar-refractivity contribution in [3.05, 3.63) is 0 Å². The largest absolute Gasteiger partial charge is 0.459 e. The second-order valence-corrected chi connectivity index (χ2v) is 4.97. The second-order valence-electron chi connectivity index (χ2n) is 4.97. The Morgan fingerprint density at radius 2 is 1.67 bits per heavy atom. The van der Waals surface area contributed by atoms with Crippen LogP contribution in [-0.2, 0) is 9.53 Å². The summed E-state index contributed by atoms with van der Waals surface area (Å²) in [7, 11) is 0. The first-order valence-electron chi connectivity index (χ1n) is 5.75. The van der Waals surface area contributed by atoms with E-state index in [1.54, 1.807) is 0 Å². The molecule has 0 unspecified atom stereocenters. The van der Waals surface area contributed by atoms with Crippen LogP contribution in [0.25, 0.3) is 0 Å². The molecule has 2 N–H and O–H groups in total. The minimum Gasteiger partial charge on any atom is -0.459 e. The van der Waals surface area contributed by atoms with Crippen molar-refractivity contribution >= 4 is 5.97 Å². The molecule has 90 valence electrons. The SMILES string of the molecule is CCC(C)(CC)OC(=O)C(C)(C)CCN. The van der Waals surface area contributed by atoms with Crippen LogP contribution in [0.3, 0.4) is 0 Å². The summed E-state index contributed by atoms with van der Waals surface area (Å²) >= 11 is 0. The molecule has 0 spiro atoms. The average molecular weight is 215 g/mol. The summed E-state index contributed by atoms with van der Waals surface area (Å²) in [5, 5.41) is 0. The molecule has 0 aliphatic heterocycles. The molecular weight excluding hydrogens is 190 g/mol. The molecule has 3 nitrogen and oxygen atoms in total. The Balaban J connectivity index is 4.47. The second kappa shape index (κ2) is 5.50. The van der Waals surface area contributed by atoms with Gasteiger partial charge in [0.1, 0.15) is 5.60 Å². The number of rotatable bonds is 6. The fourth-order valence-electron chi connectivity index (χ4n) is 1.22. The number of esters is 1. The lowest BCUT2D eigenvalue weighted by molar-refractivity contribution is -0.169. The summed E-state index contributed by atoms with van der Waals surface area (Å²) in [6, 6.07) is 0. The molecule has 0 aromatic heterocycles. The summed E-state index contributed by atoms with van der Waals surface area (Å²) in [6.07, 6.45) is 2.34. The Morgan fingerprint density at radius 1 is 1.20 bits per heavy atom. The van der Waals surface area contributed by atoms with Crippen LogP contribution in [0.5, 0.6) is 0 Å². The molecule has 0 rings (SSSR count). The van der Waals surface area contributed by atoms with Crippen LogP contribution >= 0.6 is 0 Å². The Hall–Kier alpha value is -0.570. The van der Waals surface area contributed by atoms with Crippen molar-refractivity contribution < 1.29 is 9.53 Å². The number of nitrogens with two attached hydrogens (primary N) is 1. The highest BCUT2D eigenvalue weighted by Crippen LogP contribution is 2.27. The summed E-state index contributed by atoms with van der Waals surface area (Å²) in [6.45, 7) is 10.3. The first-order valence-corrected chi connectivity index (χ1v) is 5.75. The molecule has 15 heavy (non-hydrogen) atoms. The van der Waals surface area contributed by atoms with E-state index in [9.17, 15) is 4.79 Å². The molecule has 0 aliphatic carbocycles. The van der Waals surface area contributed by atoms with Crippen LogP contribution in [0.1, 0.15) is 53.9 Å². The maximum atomic E-state index is 11.9. The van der Waals surface area contributed by atoms with E-state index >= 15 is 0 Å². The highest BCUT2D eigenvalue weighted by Gasteiger charge is 2.34. The standard InChI is InChI=1S/C12H25NO2/c1-6-12(5,7-2)15-10(14)11(3,4)8-9-13/h6-9,13H2,1-5H3. The normalized spacial score (nSPS) is 12.7. The first kappa shape index (κ1) is 14.4. The van der Waals surface area contributed by atoms with Gasteiger partial charge in [0.05, 0.1) is 5.41 Å². The number of carbonyl (C=O) groups excluding carboxylic acids is 1. The monoisotopic (exact) mass is 215 g/mol. The maximum Gasteiger partial charge on any atom is 0.312 e. The van der Waals surface area contributed by atoms with Crippen molar-refractivity contribution in [2.45, 2.75) is 59.5 Å². The van der Waals surface area contributed by atoms with Gasteiger partial charge in [-0.25, -0.2) is 0 Å². The predicted molar refractivity (Wildman–Crippen MR) is 62.5 cm³/mol. The average Bonchev–Trinajstić information content (AvgIpc) is 2.17. The smallest absolute Gasteiger partial charge is 0.312 e. The Labute approximate surface area is 93.4 Å². The molecular formula is C12H25NO2. The zero-order valence-corrected chi connectivity index (χ0v) is 10.7. The van der Waals surface area contributed by atoms with Crippen LogP contribution in [0.2, 0.25) is 0 Å². The zero-order valence-electron chi connectivity index (χ0n) is 10.7. The predicted octanol–water partition coefficient (Wildman–Crippen LogP) is 2.48. The topological polar surface area (TPSA) is 52.3 Å². The van der Waals surface area contributed by atoms with Gasteiger partial charge in [-0.3, -0.25) is 4.79 Å². The number of ether oxygens (including phenoxy) is 1. The molecule has 0 aliphatic rings. The van der Waals surface area contributed by atoms with Crippen LogP contribution in [0.4, 0.5) is 0 Å². The van der Waals surface area contributed by atoms with E-state index in [-0.39, 0.29) is 11.6 Å². The van der Waals surface area contributed by atoms with Gasteiger partial charge in [0, 0.05) is 0 Å².